The molecule has 0 N–H and O–H groups in total. The Morgan fingerprint density at radius 3 is 2.48 bits per heavy atom. The summed E-state index contributed by atoms with van der Waals surface area (Å²) in [7, 11) is 0. The van der Waals surface area contributed by atoms with E-state index < -0.39 is 12.1 Å². The summed E-state index contributed by atoms with van der Waals surface area (Å²) in [4.78, 5) is 32.1. The third kappa shape index (κ3) is 4.23. The number of hydrogen-bond donors (Lipinski definition) is 0. The van der Waals surface area contributed by atoms with Gasteiger partial charge < -0.3 is 14.4 Å². The molecule has 0 aliphatic carbocycles. The van der Waals surface area contributed by atoms with E-state index in [-0.39, 0.29) is 16.6 Å². The van der Waals surface area contributed by atoms with Gasteiger partial charge in [0, 0.05) is 24.0 Å². The summed E-state index contributed by atoms with van der Waals surface area (Å²) in [5, 5.41) is 0.805. The van der Waals surface area contributed by atoms with E-state index in [0.29, 0.717) is 42.8 Å². The minimum Gasteiger partial charge on any atom is -0.444 e. The molecule has 7 heteroatoms. The van der Waals surface area contributed by atoms with Crippen molar-refractivity contribution in [3.05, 3.63) is 76.9 Å². The highest BCUT2D eigenvalue weighted by Gasteiger charge is 2.31. The Balaban J connectivity index is 1.67. The van der Waals surface area contributed by atoms with Crippen molar-refractivity contribution < 1.29 is 19.1 Å². The van der Waals surface area contributed by atoms with E-state index in [9.17, 15) is 9.59 Å². The summed E-state index contributed by atoms with van der Waals surface area (Å²) in [6, 6.07) is 17.6. The van der Waals surface area contributed by atoms with Gasteiger partial charge >= 0.3 is 5.97 Å². The molecule has 1 saturated heterocycles. The lowest BCUT2D eigenvalue weighted by Crippen LogP contribution is -2.44. The molecule has 0 spiro atoms. The van der Waals surface area contributed by atoms with Crippen LogP contribution in [-0.2, 0) is 14.3 Å². The van der Waals surface area contributed by atoms with Crippen molar-refractivity contribution in [3.8, 4) is 0 Å². The van der Waals surface area contributed by atoms with Gasteiger partial charge in [0.15, 0.2) is 0 Å². The van der Waals surface area contributed by atoms with Gasteiger partial charge in [0.05, 0.1) is 24.3 Å². The molecule has 0 bridgehead atoms. The van der Waals surface area contributed by atoms with Crippen molar-refractivity contribution in [1.29, 1.82) is 0 Å². The van der Waals surface area contributed by atoms with Gasteiger partial charge in [-0.3, -0.25) is 4.79 Å². The number of hydrogen-bond acceptors (Lipinski definition) is 5. The normalized spacial score (nSPS) is 15.1. The molecule has 0 unspecified atom stereocenters. The van der Waals surface area contributed by atoms with Gasteiger partial charge in [-0.05, 0) is 12.1 Å². The fourth-order valence-corrected chi connectivity index (χ4v) is 3.52. The number of aromatic nitrogens is 1. The first-order valence-electron chi connectivity index (χ1n) is 9.31. The molecule has 3 aromatic rings. The van der Waals surface area contributed by atoms with E-state index in [1.165, 1.54) is 6.07 Å². The van der Waals surface area contributed by atoms with E-state index in [1.54, 1.807) is 29.2 Å². The first-order valence-corrected chi connectivity index (χ1v) is 9.69. The average Bonchev–Trinajstić information content (AvgIpc) is 2.77. The lowest BCUT2D eigenvalue weighted by molar-refractivity contribution is -0.145. The van der Waals surface area contributed by atoms with E-state index in [0.717, 1.165) is 0 Å². The number of pyridine rings is 1. The van der Waals surface area contributed by atoms with Crippen LogP contribution in [0.1, 0.15) is 22.0 Å². The first kappa shape index (κ1) is 19.4. The summed E-state index contributed by atoms with van der Waals surface area (Å²) >= 11 is 6.10. The zero-order valence-electron chi connectivity index (χ0n) is 15.6. The number of morpholine rings is 1. The van der Waals surface area contributed by atoms with Gasteiger partial charge in [-0.2, -0.15) is 0 Å². The van der Waals surface area contributed by atoms with Crippen molar-refractivity contribution >= 4 is 34.4 Å². The summed E-state index contributed by atoms with van der Waals surface area (Å²) in [6.07, 6.45) is -1.05. The standard InChI is InChI=1S/C22H19ClN2O4/c23-19-14-17(16-8-4-5-9-18(16)24-19)22(27)29-20(15-6-2-1-3-7-15)21(26)25-10-12-28-13-11-25/h1-9,14,20H,10-13H2/t20-/m1/s1. The largest absolute Gasteiger partial charge is 0.444 e. The van der Waals surface area contributed by atoms with Gasteiger partial charge in [0.25, 0.3) is 5.91 Å². The Hall–Kier alpha value is -2.96. The minimum absolute atomic E-state index is 0.186. The maximum Gasteiger partial charge on any atom is 0.340 e. The molecule has 29 heavy (non-hydrogen) atoms. The topological polar surface area (TPSA) is 68.7 Å². The van der Waals surface area contributed by atoms with Crippen LogP contribution in [0.15, 0.2) is 60.7 Å². The van der Waals surface area contributed by atoms with E-state index in [4.69, 9.17) is 21.1 Å². The first-order chi connectivity index (χ1) is 14.1. The number of nitrogens with zero attached hydrogens (tertiary/aromatic N) is 2. The molecule has 6 nitrogen and oxygen atoms in total. The highest BCUT2D eigenvalue weighted by molar-refractivity contribution is 6.30. The summed E-state index contributed by atoms with van der Waals surface area (Å²) in [5.74, 6) is -0.890. The fraction of sp³-hybridized carbons (Fsp3) is 0.227. The molecule has 1 amide bonds. The fourth-order valence-electron chi connectivity index (χ4n) is 3.32. The van der Waals surface area contributed by atoms with Crippen LogP contribution in [-0.4, -0.2) is 48.1 Å². The molecule has 2 heterocycles. The van der Waals surface area contributed by atoms with Crippen molar-refractivity contribution in [2.45, 2.75) is 6.10 Å². The lowest BCUT2D eigenvalue weighted by atomic mass is 10.1. The number of halogens is 1. The van der Waals surface area contributed by atoms with Crippen molar-refractivity contribution in [2.75, 3.05) is 26.3 Å². The lowest BCUT2D eigenvalue weighted by Gasteiger charge is -2.30. The summed E-state index contributed by atoms with van der Waals surface area (Å²) < 4.78 is 11.1. The van der Waals surface area contributed by atoms with Crippen LogP contribution in [0.25, 0.3) is 10.9 Å². The molecule has 1 aromatic heterocycles. The number of ether oxygens (including phenoxy) is 2. The van der Waals surface area contributed by atoms with Gasteiger partial charge in [-0.25, -0.2) is 9.78 Å². The highest BCUT2D eigenvalue weighted by atomic mass is 35.5. The van der Waals surface area contributed by atoms with E-state index in [1.807, 2.05) is 30.3 Å². The molecule has 0 radical (unpaired) electrons. The van der Waals surface area contributed by atoms with Crippen LogP contribution in [0.4, 0.5) is 0 Å². The molecule has 4 rings (SSSR count). The maximum atomic E-state index is 13.2. The number of para-hydroxylation sites is 1. The Labute approximate surface area is 173 Å². The maximum absolute atomic E-state index is 13.2. The Kier molecular flexibility index (Phi) is 5.74. The second-order valence-electron chi connectivity index (χ2n) is 6.64. The van der Waals surface area contributed by atoms with Crippen LogP contribution in [0.2, 0.25) is 5.15 Å². The number of carbonyl (C=O) groups excluding carboxylic acids is 2. The predicted molar refractivity (Wildman–Crippen MR) is 109 cm³/mol. The third-order valence-electron chi connectivity index (χ3n) is 4.78. The quantitative estimate of drug-likeness (QED) is 0.485. The van der Waals surface area contributed by atoms with Crippen molar-refractivity contribution in [2.24, 2.45) is 0 Å². The molecular formula is C22H19ClN2O4. The van der Waals surface area contributed by atoms with E-state index >= 15 is 0 Å². The summed E-state index contributed by atoms with van der Waals surface area (Å²) in [6.45, 7) is 1.85. The van der Waals surface area contributed by atoms with Crippen molar-refractivity contribution in [1.82, 2.24) is 9.88 Å². The average molecular weight is 411 g/mol. The highest BCUT2D eigenvalue weighted by Crippen LogP contribution is 2.26. The van der Waals surface area contributed by atoms with E-state index in [2.05, 4.69) is 4.98 Å². The van der Waals surface area contributed by atoms with Crippen LogP contribution >= 0.6 is 11.6 Å². The Morgan fingerprint density at radius 1 is 1.03 bits per heavy atom. The molecule has 0 saturated carbocycles. The van der Waals surface area contributed by atoms with Crippen LogP contribution < -0.4 is 0 Å². The monoisotopic (exact) mass is 410 g/mol. The number of amides is 1. The zero-order valence-corrected chi connectivity index (χ0v) is 16.3. The molecule has 1 aliphatic rings. The Bertz CT molecular complexity index is 1040. The number of rotatable bonds is 4. The number of fused-ring (bicyclic) bond motifs is 1. The van der Waals surface area contributed by atoms with Gasteiger partial charge in [0.1, 0.15) is 5.15 Å². The summed E-state index contributed by atoms with van der Waals surface area (Å²) in [5.41, 5.74) is 1.47. The minimum atomic E-state index is -1.05. The van der Waals surface area contributed by atoms with Gasteiger partial charge in [-0.1, -0.05) is 60.1 Å². The molecular weight excluding hydrogens is 392 g/mol. The second kappa shape index (κ2) is 8.59. The smallest absolute Gasteiger partial charge is 0.340 e. The van der Waals surface area contributed by atoms with Crippen LogP contribution in [0.5, 0.6) is 0 Å². The van der Waals surface area contributed by atoms with Crippen LogP contribution in [0.3, 0.4) is 0 Å². The SMILES string of the molecule is O=C(O[C@@H](C(=O)N1CCOCC1)c1ccccc1)c1cc(Cl)nc2ccccc12. The number of benzene rings is 2. The van der Waals surface area contributed by atoms with Crippen LogP contribution in [0, 0.1) is 0 Å². The molecule has 1 aliphatic heterocycles. The second-order valence-corrected chi connectivity index (χ2v) is 7.03. The predicted octanol–water partition coefficient (Wildman–Crippen LogP) is 3.65. The van der Waals surface area contributed by atoms with Crippen molar-refractivity contribution in [3.63, 3.8) is 0 Å². The zero-order chi connectivity index (χ0) is 20.2. The number of esters is 1. The molecule has 2 aromatic carbocycles. The van der Waals surface area contributed by atoms with Gasteiger partial charge in [0.2, 0.25) is 6.10 Å². The van der Waals surface area contributed by atoms with Gasteiger partial charge in [-0.15, -0.1) is 0 Å². The third-order valence-corrected chi connectivity index (χ3v) is 4.97. The Morgan fingerprint density at radius 2 is 1.72 bits per heavy atom. The molecule has 1 atom stereocenters. The number of carbonyl (C=O) groups is 2. The molecule has 148 valence electrons. The molecule has 1 fully saturated rings.